The highest BCUT2D eigenvalue weighted by atomic mass is 32.1. The zero-order valence-electron chi connectivity index (χ0n) is 22.3. The highest BCUT2D eigenvalue weighted by Gasteiger charge is 2.23. The highest BCUT2D eigenvalue weighted by molar-refractivity contribution is 7.12. The molecule has 204 valence electrons. The monoisotopic (exact) mass is 546 g/mol. The molecule has 5 rings (SSSR count). The largest absolute Gasteiger partial charge is 0.491 e. The van der Waals surface area contributed by atoms with Gasteiger partial charge in [0, 0.05) is 23.5 Å². The molecular weight excluding hydrogens is 512 g/mol. The van der Waals surface area contributed by atoms with Crippen LogP contribution >= 0.6 is 11.3 Å². The molecule has 39 heavy (non-hydrogen) atoms. The van der Waals surface area contributed by atoms with E-state index in [0.717, 1.165) is 60.1 Å². The van der Waals surface area contributed by atoms with Gasteiger partial charge in [0.1, 0.15) is 0 Å². The number of nitrogens with one attached hydrogen (secondary N) is 2. The van der Waals surface area contributed by atoms with Crippen LogP contribution in [-0.4, -0.2) is 65.6 Å². The second-order valence-electron chi connectivity index (χ2n) is 9.65. The molecule has 2 aromatic carbocycles. The summed E-state index contributed by atoms with van der Waals surface area (Å²) in [6, 6.07) is 13.9. The fourth-order valence-electron chi connectivity index (χ4n) is 5.07. The molecule has 1 unspecified atom stereocenters. The van der Waals surface area contributed by atoms with Crippen molar-refractivity contribution in [2.45, 2.75) is 32.2 Å². The number of likely N-dealkylation sites (tertiary alicyclic amines) is 1. The minimum absolute atomic E-state index is 0.193. The third-order valence-electron chi connectivity index (χ3n) is 7.14. The number of methoxy groups -OCH3 is 1. The Balaban J connectivity index is 1.39. The summed E-state index contributed by atoms with van der Waals surface area (Å²) in [5.74, 6) is 0.848. The molecule has 2 aromatic heterocycles. The molecule has 8 nitrogen and oxygen atoms in total. The first-order valence-corrected chi connectivity index (χ1v) is 14.1. The lowest BCUT2D eigenvalue weighted by Crippen LogP contribution is -2.33. The first-order valence-electron chi connectivity index (χ1n) is 13.2. The van der Waals surface area contributed by atoms with Crippen molar-refractivity contribution in [2.75, 3.05) is 38.7 Å². The number of aromatic amines is 1. The molecule has 1 aliphatic rings. The van der Waals surface area contributed by atoms with E-state index < -0.39 is 0 Å². The number of fused-ring (bicyclic) bond motifs is 1. The van der Waals surface area contributed by atoms with Gasteiger partial charge in [0.15, 0.2) is 11.5 Å². The molecule has 0 aliphatic carbocycles. The number of aryl methyl sites for hydroxylation is 1. The van der Waals surface area contributed by atoms with E-state index in [0.29, 0.717) is 28.7 Å². The van der Waals surface area contributed by atoms with Gasteiger partial charge in [-0.1, -0.05) is 24.3 Å². The minimum atomic E-state index is -0.193. The predicted octanol–water partition coefficient (Wildman–Crippen LogP) is 5.59. The number of carbonyl (C=O) groups is 1. The standard InChI is InChI=1S/C30H34N4O4S/c1-20-14-18-39-29(20)30(36)31-27-21(10-12-25-23-8-3-4-9-24(23)32-33-25)11-13-26(28(27)37-2)38-17-6-16-34-15-5-7-22(34)19-35/h3-4,8-14,18,22,35H,5-7,15-17,19H2,1-2H3,(H,31,36)(H,32,33). The maximum absolute atomic E-state index is 13.2. The van der Waals surface area contributed by atoms with Crippen molar-refractivity contribution in [3.05, 3.63) is 69.5 Å². The molecule has 0 saturated carbocycles. The fraction of sp³-hybridized carbons (Fsp3) is 0.333. The lowest BCUT2D eigenvalue weighted by Gasteiger charge is -2.22. The number of hydrogen-bond acceptors (Lipinski definition) is 7. The van der Waals surface area contributed by atoms with Crippen molar-refractivity contribution in [1.29, 1.82) is 0 Å². The number of benzene rings is 2. The summed E-state index contributed by atoms with van der Waals surface area (Å²) in [6.45, 7) is 4.50. The van der Waals surface area contributed by atoms with Gasteiger partial charge in [-0.2, -0.15) is 5.10 Å². The first-order chi connectivity index (χ1) is 19.1. The maximum atomic E-state index is 13.2. The lowest BCUT2D eigenvalue weighted by atomic mass is 10.1. The van der Waals surface area contributed by atoms with Gasteiger partial charge in [0.25, 0.3) is 5.91 Å². The average molecular weight is 547 g/mol. The number of hydrogen-bond donors (Lipinski definition) is 3. The van der Waals surface area contributed by atoms with Crippen molar-refractivity contribution in [3.8, 4) is 11.5 Å². The van der Waals surface area contributed by atoms with E-state index >= 15 is 0 Å². The van der Waals surface area contributed by atoms with Crippen LogP contribution in [0.5, 0.6) is 11.5 Å². The Morgan fingerprint density at radius 2 is 2.13 bits per heavy atom. The number of rotatable bonds is 11. The molecule has 1 fully saturated rings. The summed E-state index contributed by atoms with van der Waals surface area (Å²) in [6.07, 6.45) is 6.84. The smallest absolute Gasteiger partial charge is 0.266 e. The number of anilines is 1. The molecule has 4 aromatic rings. The Morgan fingerprint density at radius 3 is 2.92 bits per heavy atom. The molecule has 1 amide bonds. The summed E-state index contributed by atoms with van der Waals surface area (Å²) in [5, 5.41) is 23.1. The molecule has 0 bridgehead atoms. The number of aliphatic hydroxyl groups is 1. The van der Waals surface area contributed by atoms with Crippen LogP contribution < -0.4 is 14.8 Å². The van der Waals surface area contributed by atoms with Crippen LogP contribution in [0.2, 0.25) is 0 Å². The number of aliphatic hydroxyl groups excluding tert-OH is 1. The molecule has 1 saturated heterocycles. The predicted molar refractivity (Wildman–Crippen MR) is 157 cm³/mol. The Bertz CT molecular complexity index is 1460. The van der Waals surface area contributed by atoms with E-state index in [2.05, 4.69) is 20.4 Å². The van der Waals surface area contributed by atoms with Crippen molar-refractivity contribution in [2.24, 2.45) is 0 Å². The quantitative estimate of drug-likeness (QED) is 0.212. The fourth-order valence-corrected chi connectivity index (χ4v) is 5.89. The summed E-state index contributed by atoms with van der Waals surface area (Å²) < 4.78 is 12.0. The third kappa shape index (κ3) is 6.00. The van der Waals surface area contributed by atoms with Crippen molar-refractivity contribution < 1.29 is 19.4 Å². The number of para-hydroxylation sites is 1. The van der Waals surface area contributed by atoms with Crippen LogP contribution in [-0.2, 0) is 0 Å². The van der Waals surface area contributed by atoms with Gasteiger partial charge in [-0.25, -0.2) is 0 Å². The zero-order valence-corrected chi connectivity index (χ0v) is 23.1. The Kier molecular flexibility index (Phi) is 8.61. The topological polar surface area (TPSA) is 99.7 Å². The number of H-pyrrole nitrogens is 1. The van der Waals surface area contributed by atoms with Crippen molar-refractivity contribution in [1.82, 2.24) is 15.1 Å². The molecule has 1 atom stereocenters. The average Bonchev–Trinajstić information content (AvgIpc) is 3.70. The molecule has 3 heterocycles. The second kappa shape index (κ2) is 12.5. The first kappa shape index (κ1) is 26.9. The number of nitrogens with zero attached hydrogens (tertiary/aromatic N) is 2. The van der Waals surface area contributed by atoms with E-state index in [4.69, 9.17) is 9.47 Å². The Labute approximate surface area is 232 Å². The van der Waals surface area contributed by atoms with Crippen LogP contribution in [0.15, 0.2) is 47.8 Å². The molecule has 3 N–H and O–H groups in total. The van der Waals surface area contributed by atoms with Crippen LogP contribution in [0.4, 0.5) is 5.69 Å². The third-order valence-corrected chi connectivity index (χ3v) is 8.16. The van der Waals surface area contributed by atoms with Gasteiger partial charge in [0.2, 0.25) is 0 Å². The van der Waals surface area contributed by atoms with Gasteiger partial charge >= 0.3 is 0 Å². The van der Waals surface area contributed by atoms with Gasteiger partial charge < -0.3 is 19.9 Å². The zero-order chi connectivity index (χ0) is 27.2. The van der Waals surface area contributed by atoms with Gasteiger partial charge in [0.05, 0.1) is 42.1 Å². The summed E-state index contributed by atoms with van der Waals surface area (Å²) in [5.41, 5.74) is 4.01. The molecular formula is C30H34N4O4S. The number of ether oxygens (including phenoxy) is 2. The second-order valence-corrected chi connectivity index (χ2v) is 10.6. The normalized spacial score (nSPS) is 15.8. The van der Waals surface area contributed by atoms with E-state index in [-0.39, 0.29) is 18.6 Å². The van der Waals surface area contributed by atoms with Crippen LogP contribution in [0, 0.1) is 6.92 Å². The van der Waals surface area contributed by atoms with Crippen LogP contribution in [0.3, 0.4) is 0 Å². The van der Waals surface area contributed by atoms with Gasteiger partial charge in [-0.3, -0.25) is 14.8 Å². The lowest BCUT2D eigenvalue weighted by molar-refractivity contribution is 0.102. The maximum Gasteiger partial charge on any atom is 0.266 e. The van der Waals surface area contributed by atoms with Gasteiger partial charge in [-0.15, -0.1) is 11.3 Å². The number of aromatic nitrogens is 2. The van der Waals surface area contributed by atoms with E-state index in [1.807, 2.05) is 66.9 Å². The highest BCUT2D eigenvalue weighted by Crippen LogP contribution is 2.40. The summed E-state index contributed by atoms with van der Waals surface area (Å²) in [4.78, 5) is 16.2. The molecule has 1 aliphatic heterocycles. The van der Waals surface area contributed by atoms with Crippen LogP contribution in [0.25, 0.3) is 23.1 Å². The molecule has 0 radical (unpaired) electrons. The van der Waals surface area contributed by atoms with E-state index in [9.17, 15) is 9.90 Å². The van der Waals surface area contributed by atoms with Crippen molar-refractivity contribution >= 4 is 46.0 Å². The number of thiophene rings is 1. The van der Waals surface area contributed by atoms with E-state index in [1.165, 1.54) is 11.3 Å². The van der Waals surface area contributed by atoms with Crippen LogP contribution in [0.1, 0.15) is 45.8 Å². The summed E-state index contributed by atoms with van der Waals surface area (Å²) in [7, 11) is 1.58. The van der Waals surface area contributed by atoms with Gasteiger partial charge in [-0.05, 0) is 74.0 Å². The minimum Gasteiger partial charge on any atom is -0.491 e. The molecule has 9 heteroatoms. The SMILES string of the molecule is COc1c(OCCCN2CCCC2CO)ccc(C=Cc2n[nH]c3ccccc23)c1NC(=O)c1sccc1C. The van der Waals surface area contributed by atoms with Crippen molar-refractivity contribution in [3.63, 3.8) is 0 Å². The summed E-state index contributed by atoms with van der Waals surface area (Å²) >= 11 is 1.41. The molecule has 0 spiro atoms. The Hall–Kier alpha value is -3.66. The van der Waals surface area contributed by atoms with E-state index in [1.54, 1.807) is 7.11 Å². The number of amides is 1. The number of carbonyl (C=O) groups excluding carboxylic acids is 1. The Morgan fingerprint density at radius 1 is 1.26 bits per heavy atom.